The molecule has 0 spiro atoms. The van der Waals surface area contributed by atoms with Gasteiger partial charge < -0.3 is 4.42 Å². The number of fused-ring (bicyclic) bond motifs is 1. The highest BCUT2D eigenvalue weighted by molar-refractivity contribution is 5.81. The molecular weight excluding hydrogens is 250 g/mol. The summed E-state index contributed by atoms with van der Waals surface area (Å²) in [5.41, 5.74) is 6.15. The summed E-state index contributed by atoms with van der Waals surface area (Å²) >= 11 is 0. The molecule has 0 amide bonds. The van der Waals surface area contributed by atoms with E-state index >= 15 is 0 Å². The first kappa shape index (κ1) is 12.8. The largest absolute Gasteiger partial charge is 0.467 e. The molecule has 0 radical (unpaired) electrons. The van der Waals surface area contributed by atoms with Crippen LogP contribution in [0.1, 0.15) is 22.9 Å². The fraction of sp³-hybridized carbons (Fsp3) is 0.188. The molecule has 0 saturated heterocycles. The molecular formula is C16H17N3O. The molecule has 0 fully saturated rings. The number of rotatable bonds is 4. The van der Waals surface area contributed by atoms with E-state index in [1.807, 2.05) is 43.5 Å². The summed E-state index contributed by atoms with van der Waals surface area (Å²) in [6, 6.07) is 12.1. The fourth-order valence-electron chi connectivity index (χ4n) is 2.52. The number of aryl methyl sites for hydroxylation is 1. The van der Waals surface area contributed by atoms with Crippen molar-refractivity contribution in [3.05, 3.63) is 65.7 Å². The molecule has 4 nitrogen and oxygen atoms in total. The highest BCUT2D eigenvalue weighted by Crippen LogP contribution is 2.25. The van der Waals surface area contributed by atoms with Crippen LogP contribution in [-0.4, -0.2) is 4.98 Å². The first-order chi connectivity index (χ1) is 9.79. The lowest BCUT2D eigenvalue weighted by atomic mass is 9.99. The van der Waals surface area contributed by atoms with Crippen LogP contribution in [0.15, 0.2) is 53.3 Å². The van der Waals surface area contributed by atoms with Crippen molar-refractivity contribution in [3.63, 3.8) is 0 Å². The highest BCUT2D eigenvalue weighted by atomic mass is 16.3. The Balaban J connectivity index is 1.98. The second-order valence-electron chi connectivity index (χ2n) is 4.88. The standard InChI is InChI=1S/C16H17N3O/c1-11-7-9-20-16(11)15(19-17)10-12-6-8-18-14-5-3-2-4-13(12)14/h2-9,15,19H,10,17H2,1H3. The molecule has 2 heterocycles. The Morgan fingerprint density at radius 2 is 2.10 bits per heavy atom. The lowest BCUT2D eigenvalue weighted by Gasteiger charge is -2.15. The van der Waals surface area contributed by atoms with Crippen LogP contribution >= 0.6 is 0 Å². The number of aromatic nitrogens is 1. The number of benzene rings is 1. The number of para-hydroxylation sites is 1. The molecule has 2 aromatic heterocycles. The maximum Gasteiger partial charge on any atom is 0.125 e. The van der Waals surface area contributed by atoms with Gasteiger partial charge in [-0.25, -0.2) is 5.43 Å². The van der Waals surface area contributed by atoms with E-state index in [1.54, 1.807) is 6.26 Å². The SMILES string of the molecule is Cc1ccoc1C(Cc1ccnc2ccccc12)NN. The van der Waals surface area contributed by atoms with Gasteiger partial charge in [-0.1, -0.05) is 18.2 Å². The third kappa shape index (κ3) is 2.31. The van der Waals surface area contributed by atoms with E-state index in [-0.39, 0.29) is 6.04 Å². The molecule has 1 unspecified atom stereocenters. The summed E-state index contributed by atoms with van der Waals surface area (Å²) in [6.07, 6.45) is 4.29. The number of nitrogens with two attached hydrogens (primary N) is 1. The number of nitrogens with one attached hydrogen (secondary N) is 1. The minimum Gasteiger partial charge on any atom is -0.467 e. The first-order valence-corrected chi connectivity index (χ1v) is 6.62. The van der Waals surface area contributed by atoms with Crippen LogP contribution in [-0.2, 0) is 6.42 Å². The quantitative estimate of drug-likeness (QED) is 0.563. The van der Waals surface area contributed by atoms with Crippen LogP contribution in [0.25, 0.3) is 10.9 Å². The maximum atomic E-state index is 5.70. The zero-order chi connectivity index (χ0) is 13.9. The number of hydrogen-bond acceptors (Lipinski definition) is 4. The summed E-state index contributed by atoms with van der Waals surface area (Å²) in [6.45, 7) is 2.02. The van der Waals surface area contributed by atoms with E-state index in [1.165, 1.54) is 5.56 Å². The van der Waals surface area contributed by atoms with Crippen LogP contribution in [0.5, 0.6) is 0 Å². The van der Waals surface area contributed by atoms with Gasteiger partial charge in [0.2, 0.25) is 0 Å². The average Bonchev–Trinajstić information content (AvgIpc) is 2.91. The van der Waals surface area contributed by atoms with Gasteiger partial charge in [0.15, 0.2) is 0 Å². The Morgan fingerprint density at radius 3 is 2.85 bits per heavy atom. The molecule has 1 atom stereocenters. The van der Waals surface area contributed by atoms with Crippen molar-refractivity contribution < 1.29 is 4.42 Å². The second-order valence-corrected chi connectivity index (χ2v) is 4.88. The molecule has 3 rings (SSSR count). The van der Waals surface area contributed by atoms with E-state index in [0.29, 0.717) is 0 Å². The molecule has 0 bridgehead atoms. The number of hydrazine groups is 1. The monoisotopic (exact) mass is 267 g/mol. The minimum absolute atomic E-state index is 0.0455. The lowest BCUT2D eigenvalue weighted by molar-refractivity contribution is 0.414. The number of nitrogens with zero attached hydrogens (tertiary/aromatic N) is 1. The van der Waals surface area contributed by atoms with Crippen molar-refractivity contribution in [1.29, 1.82) is 0 Å². The van der Waals surface area contributed by atoms with Gasteiger partial charge in [0.1, 0.15) is 5.76 Å². The third-order valence-electron chi connectivity index (χ3n) is 3.58. The van der Waals surface area contributed by atoms with Gasteiger partial charge in [0.05, 0.1) is 17.8 Å². The minimum atomic E-state index is -0.0455. The van der Waals surface area contributed by atoms with Crippen molar-refractivity contribution in [2.45, 2.75) is 19.4 Å². The predicted octanol–water partition coefficient (Wildman–Crippen LogP) is 2.88. The Labute approximate surface area is 117 Å². The van der Waals surface area contributed by atoms with Gasteiger partial charge in [-0.15, -0.1) is 0 Å². The van der Waals surface area contributed by atoms with Crippen molar-refractivity contribution in [2.24, 2.45) is 5.84 Å². The number of furan rings is 1. The zero-order valence-corrected chi connectivity index (χ0v) is 11.3. The normalized spacial score (nSPS) is 12.7. The van der Waals surface area contributed by atoms with Crippen LogP contribution in [0, 0.1) is 6.92 Å². The molecule has 3 N–H and O–H groups in total. The summed E-state index contributed by atoms with van der Waals surface area (Å²) < 4.78 is 5.54. The van der Waals surface area contributed by atoms with Gasteiger partial charge >= 0.3 is 0 Å². The Hall–Kier alpha value is -2.17. The molecule has 3 aromatic rings. The first-order valence-electron chi connectivity index (χ1n) is 6.62. The number of pyridine rings is 1. The van der Waals surface area contributed by atoms with E-state index in [2.05, 4.69) is 16.5 Å². The lowest BCUT2D eigenvalue weighted by Crippen LogP contribution is -2.29. The maximum absolute atomic E-state index is 5.70. The van der Waals surface area contributed by atoms with Crippen molar-refractivity contribution in [1.82, 2.24) is 10.4 Å². The van der Waals surface area contributed by atoms with E-state index in [9.17, 15) is 0 Å². The van der Waals surface area contributed by atoms with E-state index in [4.69, 9.17) is 10.3 Å². The molecule has 1 aromatic carbocycles. The molecule has 102 valence electrons. The molecule has 0 aliphatic heterocycles. The molecule has 0 aliphatic rings. The van der Waals surface area contributed by atoms with Crippen LogP contribution in [0.4, 0.5) is 0 Å². The number of hydrogen-bond donors (Lipinski definition) is 2. The van der Waals surface area contributed by atoms with Gasteiger partial charge in [-0.2, -0.15) is 0 Å². The average molecular weight is 267 g/mol. The van der Waals surface area contributed by atoms with E-state index < -0.39 is 0 Å². The van der Waals surface area contributed by atoms with Crippen molar-refractivity contribution >= 4 is 10.9 Å². The topological polar surface area (TPSA) is 64.1 Å². The Morgan fingerprint density at radius 1 is 1.25 bits per heavy atom. The Bertz CT molecular complexity index is 715. The molecule has 0 aliphatic carbocycles. The smallest absolute Gasteiger partial charge is 0.125 e. The van der Waals surface area contributed by atoms with Gasteiger partial charge in [0.25, 0.3) is 0 Å². The predicted molar refractivity (Wildman–Crippen MR) is 79.0 cm³/mol. The molecule has 20 heavy (non-hydrogen) atoms. The van der Waals surface area contributed by atoms with Crippen LogP contribution in [0.3, 0.4) is 0 Å². The van der Waals surface area contributed by atoms with Crippen molar-refractivity contribution in [2.75, 3.05) is 0 Å². The Kier molecular flexibility index (Phi) is 3.50. The zero-order valence-electron chi connectivity index (χ0n) is 11.3. The summed E-state index contributed by atoms with van der Waals surface area (Å²) in [7, 11) is 0. The molecule has 4 heteroatoms. The summed E-state index contributed by atoms with van der Waals surface area (Å²) in [4.78, 5) is 4.38. The highest BCUT2D eigenvalue weighted by Gasteiger charge is 2.17. The van der Waals surface area contributed by atoms with Gasteiger partial charge in [-0.3, -0.25) is 10.8 Å². The third-order valence-corrected chi connectivity index (χ3v) is 3.58. The van der Waals surface area contributed by atoms with Crippen LogP contribution in [0.2, 0.25) is 0 Å². The fourth-order valence-corrected chi connectivity index (χ4v) is 2.52. The summed E-state index contributed by atoms with van der Waals surface area (Å²) in [5, 5.41) is 1.15. The van der Waals surface area contributed by atoms with Crippen LogP contribution < -0.4 is 11.3 Å². The summed E-state index contributed by atoms with van der Waals surface area (Å²) in [5.74, 6) is 6.58. The van der Waals surface area contributed by atoms with E-state index in [0.717, 1.165) is 28.6 Å². The van der Waals surface area contributed by atoms with Gasteiger partial charge in [0, 0.05) is 11.6 Å². The van der Waals surface area contributed by atoms with Gasteiger partial charge in [-0.05, 0) is 42.7 Å². The van der Waals surface area contributed by atoms with Crippen molar-refractivity contribution in [3.8, 4) is 0 Å². The second kappa shape index (κ2) is 5.45. The molecule has 0 saturated carbocycles.